The van der Waals surface area contributed by atoms with Gasteiger partial charge in [-0.1, -0.05) is 0 Å². The lowest BCUT2D eigenvalue weighted by Crippen LogP contribution is -2.15. The molecule has 1 aromatic heterocycles. The van der Waals surface area contributed by atoms with Crippen LogP contribution in [0.3, 0.4) is 0 Å². The van der Waals surface area contributed by atoms with Crippen LogP contribution in [0, 0.1) is 0 Å². The molecule has 6 nitrogen and oxygen atoms in total. The quantitative estimate of drug-likeness (QED) is 0.809. The third-order valence-electron chi connectivity index (χ3n) is 2.34. The highest BCUT2D eigenvalue weighted by Gasteiger charge is 2.09. The highest BCUT2D eigenvalue weighted by Crippen LogP contribution is 2.20. The summed E-state index contributed by atoms with van der Waals surface area (Å²) in [5.74, 6) is -0.444. The normalized spacial score (nSPS) is 10.4. The maximum Gasteiger partial charge on any atom is 0.345 e. The van der Waals surface area contributed by atoms with Crippen LogP contribution in [0.15, 0.2) is 23.0 Å². The fourth-order valence-corrected chi connectivity index (χ4v) is 1.61. The summed E-state index contributed by atoms with van der Waals surface area (Å²) in [6.07, 6.45) is -0.249. The predicted octanol–water partition coefficient (Wildman–Crippen LogP) is 0.559. The molecule has 2 aromatic rings. The number of H-pyrrole nitrogens is 1. The summed E-state index contributed by atoms with van der Waals surface area (Å²) in [6, 6.07) is 4.96. The van der Waals surface area contributed by atoms with E-state index in [1.807, 2.05) is 0 Å². The van der Waals surface area contributed by atoms with Gasteiger partial charge in [-0.05, 0) is 12.1 Å². The topological polar surface area (TPSA) is 92.3 Å². The molecule has 0 saturated heterocycles. The Hall–Kier alpha value is -2.37. The van der Waals surface area contributed by atoms with E-state index in [4.69, 9.17) is 9.84 Å². The number of methoxy groups -OCH3 is 1. The lowest BCUT2D eigenvalue weighted by molar-refractivity contribution is -0.136. The van der Waals surface area contributed by atoms with Crippen LogP contribution in [0.25, 0.3) is 10.9 Å². The molecule has 1 heterocycles. The van der Waals surface area contributed by atoms with Crippen LogP contribution in [0.1, 0.15) is 5.69 Å². The van der Waals surface area contributed by atoms with Crippen molar-refractivity contribution in [1.29, 1.82) is 0 Å². The number of rotatable bonds is 3. The van der Waals surface area contributed by atoms with Crippen LogP contribution in [0.4, 0.5) is 0 Å². The van der Waals surface area contributed by atoms with E-state index >= 15 is 0 Å². The number of aromatic amines is 1. The summed E-state index contributed by atoms with van der Waals surface area (Å²) in [5.41, 5.74) is 0.196. The number of benzene rings is 1. The highest BCUT2D eigenvalue weighted by atomic mass is 16.5. The van der Waals surface area contributed by atoms with Crippen LogP contribution >= 0.6 is 0 Å². The molecule has 0 radical (unpaired) electrons. The summed E-state index contributed by atoms with van der Waals surface area (Å²) in [7, 11) is 1.51. The van der Waals surface area contributed by atoms with E-state index in [1.54, 1.807) is 18.2 Å². The molecule has 0 aliphatic rings. The highest BCUT2D eigenvalue weighted by molar-refractivity contribution is 5.85. The molecular weight excluding hydrogens is 224 g/mol. The van der Waals surface area contributed by atoms with Crippen molar-refractivity contribution in [2.45, 2.75) is 6.42 Å². The zero-order chi connectivity index (χ0) is 12.4. The van der Waals surface area contributed by atoms with Crippen LogP contribution in [0.5, 0.6) is 5.75 Å². The molecule has 88 valence electrons. The number of aliphatic carboxylic acids is 1. The van der Waals surface area contributed by atoms with Crippen molar-refractivity contribution in [1.82, 2.24) is 9.97 Å². The van der Waals surface area contributed by atoms with E-state index in [1.165, 1.54) is 7.11 Å². The molecule has 2 rings (SSSR count). The Morgan fingerprint density at radius 3 is 2.94 bits per heavy atom. The minimum absolute atomic E-state index is 0.249. The number of carbonyl (C=O) groups is 1. The van der Waals surface area contributed by atoms with Gasteiger partial charge in [-0.3, -0.25) is 4.79 Å². The molecule has 17 heavy (non-hydrogen) atoms. The van der Waals surface area contributed by atoms with Crippen LogP contribution in [-0.4, -0.2) is 28.2 Å². The van der Waals surface area contributed by atoms with Crippen LogP contribution in [-0.2, 0) is 11.2 Å². The molecule has 0 spiro atoms. The van der Waals surface area contributed by atoms with Crippen molar-refractivity contribution in [2.75, 3.05) is 7.11 Å². The van der Waals surface area contributed by atoms with E-state index < -0.39 is 11.7 Å². The van der Waals surface area contributed by atoms with Crippen molar-refractivity contribution in [3.8, 4) is 5.75 Å². The molecule has 6 heteroatoms. The SMILES string of the molecule is COc1ccc2c(CC(=O)O)[nH]c(=O)nc2c1. The molecule has 0 atom stereocenters. The number of hydrogen-bond donors (Lipinski definition) is 2. The van der Waals surface area contributed by atoms with Gasteiger partial charge in [-0.2, -0.15) is 4.98 Å². The van der Waals surface area contributed by atoms with Gasteiger partial charge in [0.1, 0.15) is 5.75 Å². The van der Waals surface area contributed by atoms with Gasteiger partial charge in [0.05, 0.1) is 19.0 Å². The van der Waals surface area contributed by atoms with Crippen molar-refractivity contribution < 1.29 is 14.6 Å². The Labute approximate surface area is 95.9 Å². The van der Waals surface area contributed by atoms with Crippen LogP contribution < -0.4 is 10.4 Å². The fourth-order valence-electron chi connectivity index (χ4n) is 1.61. The van der Waals surface area contributed by atoms with Gasteiger partial charge in [0.25, 0.3) is 0 Å². The Kier molecular flexibility index (Phi) is 2.78. The third kappa shape index (κ3) is 2.25. The van der Waals surface area contributed by atoms with E-state index in [0.717, 1.165) is 0 Å². The molecule has 0 unspecified atom stereocenters. The first kappa shape index (κ1) is 11.1. The summed E-state index contributed by atoms with van der Waals surface area (Å²) < 4.78 is 5.01. The Bertz CT molecular complexity index is 633. The Morgan fingerprint density at radius 2 is 2.29 bits per heavy atom. The molecule has 0 amide bonds. The van der Waals surface area contributed by atoms with Crippen molar-refractivity contribution in [3.05, 3.63) is 34.4 Å². The average molecular weight is 234 g/mol. The zero-order valence-electron chi connectivity index (χ0n) is 9.06. The molecule has 0 bridgehead atoms. The molecule has 2 N–H and O–H groups in total. The number of nitrogens with one attached hydrogen (secondary N) is 1. The predicted molar refractivity (Wildman–Crippen MR) is 60.3 cm³/mol. The largest absolute Gasteiger partial charge is 0.497 e. The van der Waals surface area contributed by atoms with E-state index in [0.29, 0.717) is 22.3 Å². The number of fused-ring (bicyclic) bond motifs is 1. The second-order valence-corrected chi connectivity index (χ2v) is 3.47. The lowest BCUT2D eigenvalue weighted by atomic mass is 10.1. The van der Waals surface area contributed by atoms with E-state index in [9.17, 15) is 9.59 Å². The second kappa shape index (κ2) is 4.25. The number of carboxylic acids is 1. The van der Waals surface area contributed by atoms with Gasteiger partial charge in [0.15, 0.2) is 0 Å². The Morgan fingerprint density at radius 1 is 1.53 bits per heavy atom. The zero-order valence-corrected chi connectivity index (χ0v) is 9.06. The molecule has 0 aliphatic heterocycles. The minimum atomic E-state index is -1.01. The first-order valence-electron chi connectivity index (χ1n) is 4.89. The summed E-state index contributed by atoms with van der Waals surface area (Å²) >= 11 is 0. The summed E-state index contributed by atoms with van der Waals surface area (Å²) in [4.78, 5) is 28.2. The van der Waals surface area contributed by atoms with Crippen molar-refractivity contribution >= 4 is 16.9 Å². The van der Waals surface area contributed by atoms with Gasteiger partial charge < -0.3 is 14.8 Å². The van der Waals surface area contributed by atoms with Gasteiger partial charge in [-0.15, -0.1) is 0 Å². The van der Waals surface area contributed by atoms with Gasteiger partial charge in [-0.25, -0.2) is 4.79 Å². The molecular formula is C11H10N2O4. The first-order chi connectivity index (χ1) is 8.10. The van der Waals surface area contributed by atoms with E-state index in [-0.39, 0.29) is 6.42 Å². The standard InChI is InChI=1S/C11H10N2O4/c1-17-6-2-3-7-8(4-6)12-11(16)13-9(7)5-10(14)15/h2-4H,5H2,1H3,(H,14,15)(H,12,13,16). The molecule has 1 aromatic carbocycles. The van der Waals surface area contributed by atoms with Crippen molar-refractivity contribution in [3.63, 3.8) is 0 Å². The third-order valence-corrected chi connectivity index (χ3v) is 2.34. The minimum Gasteiger partial charge on any atom is -0.497 e. The number of carboxylic acid groups (broad SMARTS) is 1. The van der Waals surface area contributed by atoms with E-state index in [2.05, 4.69) is 9.97 Å². The number of aromatic nitrogens is 2. The van der Waals surface area contributed by atoms with Gasteiger partial charge in [0, 0.05) is 17.1 Å². The molecule has 0 saturated carbocycles. The maximum absolute atomic E-state index is 11.3. The smallest absolute Gasteiger partial charge is 0.345 e. The van der Waals surface area contributed by atoms with Crippen molar-refractivity contribution in [2.24, 2.45) is 0 Å². The Balaban J connectivity index is 2.67. The van der Waals surface area contributed by atoms with Crippen LogP contribution in [0.2, 0.25) is 0 Å². The number of hydrogen-bond acceptors (Lipinski definition) is 4. The van der Waals surface area contributed by atoms with Gasteiger partial charge in [0.2, 0.25) is 0 Å². The monoisotopic (exact) mass is 234 g/mol. The summed E-state index contributed by atoms with van der Waals surface area (Å²) in [5, 5.41) is 9.36. The average Bonchev–Trinajstić information content (AvgIpc) is 2.27. The fraction of sp³-hybridized carbons (Fsp3) is 0.182. The maximum atomic E-state index is 11.3. The number of ether oxygens (including phenoxy) is 1. The number of nitrogens with zero attached hydrogens (tertiary/aromatic N) is 1. The lowest BCUT2D eigenvalue weighted by Gasteiger charge is -2.05. The second-order valence-electron chi connectivity index (χ2n) is 3.47. The first-order valence-corrected chi connectivity index (χ1v) is 4.89. The summed E-state index contributed by atoms with van der Waals surface area (Å²) in [6.45, 7) is 0. The molecule has 0 fully saturated rings. The van der Waals surface area contributed by atoms with Gasteiger partial charge >= 0.3 is 11.7 Å². The molecule has 0 aliphatic carbocycles.